The predicted octanol–water partition coefficient (Wildman–Crippen LogP) is 3.62. The van der Waals surface area contributed by atoms with Gasteiger partial charge >= 0.3 is 6.03 Å². The molecule has 6 heteroatoms. The fourth-order valence-corrected chi connectivity index (χ4v) is 2.31. The molecule has 2 amide bonds. The molecule has 24 heavy (non-hydrogen) atoms. The Balaban J connectivity index is 1.68. The van der Waals surface area contributed by atoms with Gasteiger partial charge in [-0.3, -0.25) is 0 Å². The number of amides is 2. The van der Waals surface area contributed by atoms with Crippen molar-refractivity contribution in [3.8, 4) is 11.5 Å². The Bertz CT molecular complexity index is 664. The van der Waals surface area contributed by atoms with Gasteiger partial charge in [0.05, 0.1) is 6.61 Å². The first-order valence-corrected chi connectivity index (χ1v) is 8.17. The van der Waals surface area contributed by atoms with Gasteiger partial charge in [0, 0.05) is 11.6 Å². The summed E-state index contributed by atoms with van der Waals surface area (Å²) in [5, 5.41) is 6.11. The molecule has 2 rings (SSSR count). The van der Waals surface area contributed by atoms with Crippen LogP contribution in [-0.2, 0) is 6.42 Å². The molecule has 0 fully saturated rings. The molecular formula is C18H21ClN2O3. The summed E-state index contributed by atoms with van der Waals surface area (Å²) >= 11 is 5.92. The molecule has 0 aromatic heterocycles. The molecule has 0 aliphatic carbocycles. The predicted molar refractivity (Wildman–Crippen MR) is 94.8 cm³/mol. The van der Waals surface area contributed by atoms with Gasteiger partial charge in [-0.15, -0.1) is 0 Å². The Morgan fingerprint density at radius 1 is 1.04 bits per heavy atom. The average molecular weight is 349 g/mol. The number of urea groups is 1. The van der Waals surface area contributed by atoms with E-state index in [1.54, 1.807) is 6.07 Å². The number of hydrogen-bond acceptors (Lipinski definition) is 3. The zero-order chi connectivity index (χ0) is 17.2. The zero-order valence-electron chi connectivity index (χ0n) is 13.5. The third kappa shape index (κ3) is 6.01. The second kappa shape index (κ2) is 9.67. The molecule has 0 bridgehead atoms. The minimum absolute atomic E-state index is 0.0626. The highest BCUT2D eigenvalue weighted by Crippen LogP contribution is 2.25. The van der Waals surface area contributed by atoms with E-state index in [4.69, 9.17) is 21.1 Å². The maximum Gasteiger partial charge on any atom is 0.317 e. The number of nitrogens with one attached hydrogen (secondary N) is 2. The quantitative estimate of drug-likeness (QED) is 0.716. The highest BCUT2D eigenvalue weighted by atomic mass is 35.5. The van der Waals surface area contributed by atoms with Crippen LogP contribution in [-0.4, -0.2) is 25.9 Å². The van der Waals surface area contributed by atoms with Crippen molar-refractivity contribution in [2.24, 2.45) is 0 Å². The highest BCUT2D eigenvalue weighted by molar-refractivity contribution is 6.30. The fraction of sp³-hybridized carbons (Fsp3) is 0.278. The van der Waals surface area contributed by atoms with E-state index in [1.807, 2.05) is 49.4 Å². The summed E-state index contributed by atoms with van der Waals surface area (Å²) in [5.41, 5.74) is 1.07. The molecule has 2 aromatic rings. The maximum atomic E-state index is 11.7. The van der Waals surface area contributed by atoms with Gasteiger partial charge in [-0.1, -0.05) is 35.9 Å². The van der Waals surface area contributed by atoms with Crippen molar-refractivity contribution in [2.75, 3.05) is 19.9 Å². The summed E-state index contributed by atoms with van der Waals surface area (Å²) in [6.45, 7) is 3.04. The van der Waals surface area contributed by atoms with Gasteiger partial charge in [0.25, 0.3) is 0 Å². The van der Waals surface area contributed by atoms with Crippen molar-refractivity contribution in [3.63, 3.8) is 0 Å². The van der Waals surface area contributed by atoms with Crippen molar-refractivity contribution in [3.05, 3.63) is 59.1 Å². The van der Waals surface area contributed by atoms with Crippen LogP contribution in [0.1, 0.15) is 12.5 Å². The molecule has 0 saturated carbocycles. The molecule has 2 aromatic carbocycles. The van der Waals surface area contributed by atoms with Gasteiger partial charge in [-0.05, 0) is 43.2 Å². The molecule has 0 radical (unpaired) electrons. The fourth-order valence-electron chi connectivity index (χ4n) is 2.10. The third-order valence-corrected chi connectivity index (χ3v) is 3.43. The van der Waals surface area contributed by atoms with Crippen LogP contribution in [0.25, 0.3) is 0 Å². The van der Waals surface area contributed by atoms with Gasteiger partial charge < -0.3 is 20.1 Å². The van der Waals surface area contributed by atoms with Gasteiger partial charge in [-0.2, -0.15) is 0 Å². The first-order chi connectivity index (χ1) is 11.7. The Morgan fingerprint density at radius 2 is 1.79 bits per heavy atom. The summed E-state index contributed by atoms with van der Waals surface area (Å²) < 4.78 is 11.0. The molecule has 0 atom stereocenters. The number of rotatable bonds is 8. The smallest absolute Gasteiger partial charge is 0.317 e. The number of hydrogen-bond donors (Lipinski definition) is 2. The summed E-state index contributed by atoms with van der Waals surface area (Å²) in [6, 6.07) is 14.6. The van der Waals surface area contributed by atoms with Gasteiger partial charge in [0.15, 0.2) is 18.2 Å². The van der Waals surface area contributed by atoms with Gasteiger partial charge in [0.2, 0.25) is 0 Å². The Hall–Kier alpha value is -2.40. The van der Waals surface area contributed by atoms with Gasteiger partial charge in [0.1, 0.15) is 0 Å². The second-order valence-corrected chi connectivity index (χ2v) is 5.42. The minimum atomic E-state index is -0.286. The van der Waals surface area contributed by atoms with Crippen molar-refractivity contribution in [1.29, 1.82) is 0 Å². The average Bonchev–Trinajstić information content (AvgIpc) is 2.57. The van der Waals surface area contributed by atoms with Gasteiger partial charge in [-0.25, -0.2) is 4.79 Å². The molecule has 2 N–H and O–H groups in total. The van der Waals surface area contributed by atoms with E-state index < -0.39 is 0 Å². The summed E-state index contributed by atoms with van der Waals surface area (Å²) in [7, 11) is 0. The summed E-state index contributed by atoms with van der Waals surface area (Å²) in [4.78, 5) is 11.7. The Morgan fingerprint density at radius 3 is 2.50 bits per heavy atom. The number of benzene rings is 2. The largest absolute Gasteiger partial charge is 0.490 e. The van der Waals surface area contributed by atoms with E-state index in [1.165, 1.54) is 0 Å². The van der Waals surface area contributed by atoms with Crippen LogP contribution in [0.2, 0.25) is 5.02 Å². The first kappa shape index (κ1) is 17.9. The van der Waals surface area contributed by atoms with E-state index in [2.05, 4.69) is 10.6 Å². The van der Waals surface area contributed by atoms with Crippen LogP contribution >= 0.6 is 11.6 Å². The van der Waals surface area contributed by atoms with Crippen molar-refractivity contribution in [1.82, 2.24) is 10.6 Å². The normalized spacial score (nSPS) is 10.1. The Kier molecular flexibility index (Phi) is 7.23. The van der Waals surface area contributed by atoms with Crippen LogP contribution in [0, 0.1) is 0 Å². The Labute approximate surface area is 146 Å². The molecule has 0 spiro atoms. The molecule has 0 saturated heterocycles. The summed E-state index contributed by atoms with van der Waals surface area (Å²) in [6.07, 6.45) is 0.710. The molecular weight excluding hydrogens is 328 g/mol. The van der Waals surface area contributed by atoms with Crippen molar-refractivity contribution < 1.29 is 14.3 Å². The van der Waals surface area contributed by atoms with Crippen LogP contribution < -0.4 is 20.1 Å². The topological polar surface area (TPSA) is 59.6 Å². The third-order valence-electron chi connectivity index (χ3n) is 3.20. The SMILES string of the molecule is CCOc1ccccc1OCNC(=O)NCCc1cccc(Cl)c1. The minimum Gasteiger partial charge on any atom is -0.490 e. The van der Waals surface area contributed by atoms with E-state index >= 15 is 0 Å². The number of ether oxygens (including phenoxy) is 2. The molecule has 0 aliphatic heterocycles. The lowest BCUT2D eigenvalue weighted by atomic mass is 10.1. The number of halogens is 1. The monoisotopic (exact) mass is 348 g/mol. The molecule has 5 nitrogen and oxygen atoms in total. The molecule has 128 valence electrons. The summed E-state index contributed by atoms with van der Waals surface area (Å²) in [5.74, 6) is 1.25. The van der Waals surface area contributed by atoms with Crippen LogP contribution in [0.3, 0.4) is 0 Å². The maximum absolute atomic E-state index is 11.7. The number of para-hydroxylation sites is 2. The van der Waals surface area contributed by atoms with Crippen LogP contribution in [0.15, 0.2) is 48.5 Å². The van der Waals surface area contributed by atoms with Crippen LogP contribution in [0.4, 0.5) is 4.79 Å². The standard InChI is InChI=1S/C18H21ClN2O3/c1-2-23-16-8-3-4-9-17(16)24-13-21-18(22)20-11-10-14-6-5-7-15(19)12-14/h3-9,12H,2,10-11,13H2,1H3,(H2,20,21,22). The van der Waals surface area contributed by atoms with E-state index in [9.17, 15) is 4.79 Å². The highest BCUT2D eigenvalue weighted by Gasteiger charge is 2.04. The number of carbonyl (C=O) groups is 1. The van der Waals surface area contributed by atoms with E-state index in [-0.39, 0.29) is 12.8 Å². The number of carbonyl (C=O) groups excluding carboxylic acids is 1. The van der Waals surface area contributed by atoms with Crippen LogP contribution in [0.5, 0.6) is 11.5 Å². The van der Waals surface area contributed by atoms with Crippen molar-refractivity contribution in [2.45, 2.75) is 13.3 Å². The first-order valence-electron chi connectivity index (χ1n) is 7.80. The lowest BCUT2D eigenvalue weighted by Crippen LogP contribution is -2.38. The molecule has 0 heterocycles. The van der Waals surface area contributed by atoms with E-state index in [0.717, 1.165) is 5.56 Å². The zero-order valence-corrected chi connectivity index (χ0v) is 14.3. The molecule has 0 aliphatic rings. The lowest BCUT2D eigenvalue weighted by Gasteiger charge is -2.12. The van der Waals surface area contributed by atoms with Crippen molar-refractivity contribution >= 4 is 17.6 Å². The lowest BCUT2D eigenvalue weighted by molar-refractivity contribution is 0.220. The van der Waals surface area contributed by atoms with E-state index in [0.29, 0.717) is 36.1 Å². The second-order valence-electron chi connectivity index (χ2n) is 4.98. The molecule has 0 unspecified atom stereocenters.